The van der Waals surface area contributed by atoms with Crippen molar-refractivity contribution in [3.63, 3.8) is 0 Å². The summed E-state index contributed by atoms with van der Waals surface area (Å²) in [6.45, 7) is 0. The molecule has 0 aromatic carbocycles. The van der Waals surface area contributed by atoms with E-state index in [9.17, 15) is 4.79 Å². The van der Waals surface area contributed by atoms with E-state index in [-0.39, 0.29) is 5.69 Å². The Morgan fingerprint density at radius 1 is 1.45 bits per heavy atom. The van der Waals surface area contributed by atoms with Crippen LogP contribution in [-0.2, 0) is 0 Å². The van der Waals surface area contributed by atoms with Crippen LogP contribution in [-0.4, -0.2) is 19.9 Å². The molecule has 2 rings (SSSR count). The molecule has 0 amide bonds. The summed E-state index contributed by atoms with van der Waals surface area (Å²) >= 11 is 4.85. The molecule has 2 aromatic rings. The van der Waals surface area contributed by atoms with E-state index in [2.05, 4.69) is 19.9 Å². The zero-order valence-corrected chi connectivity index (χ0v) is 6.16. The van der Waals surface area contributed by atoms with E-state index >= 15 is 0 Å². The molecule has 56 valence electrons. The van der Waals surface area contributed by atoms with Gasteiger partial charge in [-0.05, 0) is 0 Å². The zero-order chi connectivity index (χ0) is 7.84. The van der Waals surface area contributed by atoms with Crippen LogP contribution in [0.5, 0.6) is 0 Å². The average Bonchev–Trinajstić information content (AvgIpc) is 2.34. The van der Waals surface area contributed by atoms with Gasteiger partial charge in [-0.25, -0.2) is 9.78 Å². The van der Waals surface area contributed by atoms with Crippen molar-refractivity contribution < 1.29 is 0 Å². The molecule has 2 heterocycles. The first kappa shape index (κ1) is 6.29. The van der Waals surface area contributed by atoms with Gasteiger partial charge in [0.1, 0.15) is 10.2 Å². The first-order valence-corrected chi connectivity index (χ1v) is 3.34. The van der Waals surface area contributed by atoms with E-state index in [1.807, 2.05) is 0 Å². The van der Waals surface area contributed by atoms with Crippen LogP contribution in [0.4, 0.5) is 0 Å². The van der Waals surface area contributed by atoms with Crippen LogP contribution in [0.2, 0.25) is 0 Å². The average molecular weight is 168 g/mol. The SMILES string of the molecule is O=c1[nH]c(=S)c2[nH]cnc2[nH]1. The van der Waals surface area contributed by atoms with Gasteiger partial charge >= 0.3 is 5.69 Å². The fourth-order valence-corrected chi connectivity index (χ4v) is 1.11. The highest BCUT2D eigenvalue weighted by Gasteiger charge is 1.97. The quantitative estimate of drug-likeness (QED) is 0.495. The van der Waals surface area contributed by atoms with Gasteiger partial charge in [0.15, 0.2) is 5.65 Å². The Hall–Kier alpha value is -1.43. The maximum atomic E-state index is 10.8. The second-order valence-corrected chi connectivity index (χ2v) is 2.44. The monoisotopic (exact) mass is 168 g/mol. The Morgan fingerprint density at radius 3 is 3.09 bits per heavy atom. The third-order valence-corrected chi connectivity index (χ3v) is 1.63. The van der Waals surface area contributed by atoms with Gasteiger partial charge in [-0.2, -0.15) is 0 Å². The summed E-state index contributed by atoms with van der Waals surface area (Å²) in [5, 5.41) is 0. The summed E-state index contributed by atoms with van der Waals surface area (Å²) in [7, 11) is 0. The molecule has 0 fully saturated rings. The molecule has 0 radical (unpaired) electrons. The van der Waals surface area contributed by atoms with Crippen LogP contribution in [0.25, 0.3) is 11.2 Å². The molecular weight excluding hydrogens is 164 g/mol. The molecule has 6 heteroatoms. The topological polar surface area (TPSA) is 77.3 Å². The molecule has 3 N–H and O–H groups in total. The molecule has 0 saturated carbocycles. The van der Waals surface area contributed by atoms with Crippen molar-refractivity contribution in [1.82, 2.24) is 19.9 Å². The fraction of sp³-hybridized carbons (Fsp3) is 0. The van der Waals surface area contributed by atoms with Crippen molar-refractivity contribution >= 4 is 23.4 Å². The van der Waals surface area contributed by atoms with Gasteiger partial charge in [-0.3, -0.25) is 9.97 Å². The molecule has 0 unspecified atom stereocenters. The summed E-state index contributed by atoms with van der Waals surface area (Å²) in [4.78, 5) is 22.3. The number of nitrogens with one attached hydrogen (secondary N) is 3. The number of aromatic nitrogens is 4. The van der Waals surface area contributed by atoms with Gasteiger partial charge in [0, 0.05) is 0 Å². The molecular formula is C5H4N4OS. The van der Waals surface area contributed by atoms with Gasteiger partial charge in [0.2, 0.25) is 0 Å². The van der Waals surface area contributed by atoms with Crippen LogP contribution >= 0.6 is 12.2 Å². The second kappa shape index (κ2) is 2.03. The van der Waals surface area contributed by atoms with E-state index < -0.39 is 0 Å². The lowest BCUT2D eigenvalue weighted by molar-refractivity contribution is 1.09. The third-order valence-electron chi connectivity index (χ3n) is 1.33. The minimum absolute atomic E-state index is 0.338. The third kappa shape index (κ3) is 0.874. The molecule has 5 nitrogen and oxygen atoms in total. The zero-order valence-electron chi connectivity index (χ0n) is 5.34. The highest BCUT2D eigenvalue weighted by Crippen LogP contribution is 2.01. The number of imidazole rings is 1. The minimum atomic E-state index is -0.338. The van der Waals surface area contributed by atoms with Gasteiger partial charge in [-0.15, -0.1) is 0 Å². The van der Waals surface area contributed by atoms with Gasteiger partial charge < -0.3 is 4.98 Å². The lowest BCUT2D eigenvalue weighted by atomic mass is 10.6. The highest BCUT2D eigenvalue weighted by atomic mass is 32.1. The number of aromatic amines is 3. The smallest absolute Gasteiger partial charge is 0.325 e. The minimum Gasteiger partial charge on any atom is -0.341 e. The van der Waals surface area contributed by atoms with Crippen LogP contribution in [0.1, 0.15) is 0 Å². The lowest BCUT2D eigenvalue weighted by Crippen LogP contribution is -2.09. The molecule has 2 aromatic heterocycles. The number of hydrogen-bond acceptors (Lipinski definition) is 3. The summed E-state index contributed by atoms with van der Waals surface area (Å²) < 4.78 is 0.376. The van der Waals surface area contributed by atoms with Crippen molar-refractivity contribution in [1.29, 1.82) is 0 Å². The molecule has 0 aliphatic rings. The van der Waals surface area contributed by atoms with Crippen LogP contribution in [0, 0.1) is 4.64 Å². The second-order valence-electron chi connectivity index (χ2n) is 2.03. The largest absolute Gasteiger partial charge is 0.341 e. The van der Waals surface area contributed by atoms with Crippen LogP contribution in [0.15, 0.2) is 11.1 Å². The molecule has 0 saturated heterocycles. The van der Waals surface area contributed by atoms with Crippen molar-refractivity contribution in [3.8, 4) is 0 Å². The van der Waals surface area contributed by atoms with Crippen LogP contribution in [0.3, 0.4) is 0 Å². The van der Waals surface area contributed by atoms with Crippen LogP contribution < -0.4 is 5.69 Å². The number of nitrogens with zero attached hydrogens (tertiary/aromatic N) is 1. The van der Waals surface area contributed by atoms with Gasteiger partial charge in [0.25, 0.3) is 0 Å². The predicted octanol–water partition coefficient (Wildman–Crippen LogP) is 0.309. The maximum Gasteiger partial charge on any atom is 0.325 e. The summed E-state index contributed by atoms with van der Waals surface area (Å²) in [5.74, 6) is 0. The first-order valence-electron chi connectivity index (χ1n) is 2.93. The molecule has 11 heavy (non-hydrogen) atoms. The van der Waals surface area contributed by atoms with Gasteiger partial charge in [-0.1, -0.05) is 12.2 Å². The normalized spacial score (nSPS) is 10.5. The van der Waals surface area contributed by atoms with E-state index in [0.717, 1.165) is 0 Å². The lowest BCUT2D eigenvalue weighted by Gasteiger charge is -1.85. The molecule has 0 aliphatic heterocycles. The van der Waals surface area contributed by atoms with E-state index in [4.69, 9.17) is 12.2 Å². The summed E-state index contributed by atoms with van der Waals surface area (Å²) in [6, 6.07) is 0. The molecule has 0 atom stereocenters. The fourth-order valence-electron chi connectivity index (χ4n) is 0.867. The van der Waals surface area contributed by atoms with Crippen molar-refractivity contribution in [3.05, 3.63) is 21.5 Å². The van der Waals surface area contributed by atoms with E-state index in [0.29, 0.717) is 15.8 Å². The maximum absolute atomic E-state index is 10.8. The van der Waals surface area contributed by atoms with E-state index in [1.54, 1.807) is 0 Å². The summed E-state index contributed by atoms with van der Waals surface area (Å²) in [5.41, 5.74) is 0.799. The summed E-state index contributed by atoms with van der Waals surface area (Å²) in [6.07, 6.45) is 1.48. The number of fused-ring (bicyclic) bond motifs is 1. The Labute approximate surface area is 65.5 Å². The number of rotatable bonds is 0. The predicted molar refractivity (Wildman–Crippen MR) is 41.9 cm³/mol. The Balaban J connectivity index is 3.15. The Kier molecular flexibility index (Phi) is 1.16. The van der Waals surface area contributed by atoms with Crippen molar-refractivity contribution in [2.45, 2.75) is 0 Å². The Bertz CT molecular complexity index is 493. The standard InChI is InChI=1S/C5H4N4OS/c10-5-8-3-2(4(11)9-5)6-1-7-3/h1H,(H3,6,7,8,9,10,11). The van der Waals surface area contributed by atoms with E-state index in [1.165, 1.54) is 6.33 Å². The molecule has 0 aliphatic carbocycles. The highest BCUT2D eigenvalue weighted by molar-refractivity contribution is 7.71. The van der Waals surface area contributed by atoms with Crippen molar-refractivity contribution in [2.75, 3.05) is 0 Å². The number of hydrogen-bond donors (Lipinski definition) is 3. The number of H-pyrrole nitrogens is 3. The molecule has 0 bridgehead atoms. The molecule has 0 spiro atoms. The van der Waals surface area contributed by atoms with Gasteiger partial charge in [0.05, 0.1) is 6.33 Å². The first-order chi connectivity index (χ1) is 5.27. The van der Waals surface area contributed by atoms with Crippen molar-refractivity contribution in [2.24, 2.45) is 0 Å². The Morgan fingerprint density at radius 2 is 2.27 bits per heavy atom.